The summed E-state index contributed by atoms with van der Waals surface area (Å²) in [6.07, 6.45) is 0. The second-order valence-corrected chi connectivity index (χ2v) is 5.37. The molecule has 0 saturated heterocycles. The van der Waals surface area contributed by atoms with Crippen LogP contribution in [0.25, 0.3) is 11.0 Å². The van der Waals surface area contributed by atoms with Gasteiger partial charge in [-0.2, -0.15) is 0 Å². The van der Waals surface area contributed by atoms with Gasteiger partial charge in [0, 0.05) is 0 Å². The zero-order chi connectivity index (χ0) is 15.1. The highest BCUT2D eigenvalue weighted by Gasteiger charge is 2.12. The number of aromatic nitrogens is 2. The molecule has 3 aromatic rings. The van der Waals surface area contributed by atoms with E-state index in [2.05, 4.69) is 4.98 Å². The van der Waals surface area contributed by atoms with Crippen molar-refractivity contribution in [1.82, 2.24) is 9.55 Å². The molecule has 0 aliphatic heterocycles. The normalized spacial score (nSPS) is 11.2. The van der Waals surface area contributed by atoms with E-state index in [0.29, 0.717) is 26.6 Å². The molecule has 0 saturated carbocycles. The molecule has 108 valence electrons. The van der Waals surface area contributed by atoms with Crippen molar-refractivity contribution in [3.63, 3.8) is 0 Å². The molecule has 2 N–H and O–H groups in total. The first-order valence-electron chi connectivity index (χ1n) is 6.00. The number of halogens is 4. The van der Waals surface area contributed by atoms with Crippen LogP contribution in [0.3, 0.4) is 0 Å². The van der Waals surface area contributed by atoms with Crippen LogP contribution in [0.5, 0.6) is 0 Å². The lowest BCUT2D eigenvalue weighted by molar-refractivity contribution is 0.506. The van der Waals surface area contributed by atoms with Gasteiger partial charge in [0.25, 0.3) is 0 Å². The maximum atomic E-state index is 13.3. The van der Waals surface area contributed by atoms with Crippen LogP contribution in [-0.2, 0) is 6.54 Å². The van der Waals surface area contributed by atoms with Gasteiger partial charge in [0.2, 0.25) is 5.95 Å². The molecule has 0 aliphatic carbocycles. The number of hydrogen-bond acceptors (Lipinski definition) is 2. The fourth-order valence-corrected chi connectivity index (χ4v) is 2.44. The smallest absolute Gasteiger partial charge is 0.201 e. The van der Waals surface area contributed by atoms with Crippen molar-refractivity contribution in [1.29, 1.82) is 0 Å². The van der Waals surface area contributed by atoms with Gasteiger partial charge in [0.1, 0.15) is 0 Å². The van der Waals surface area contributed by atoms with E-state index in [1.807, 2.05) is 0 Å². The summed E-state index contributed by atoms with van der Waals surface area (Å²) in [6, 6.07) is 6.93. The Morgan fingerprint density at radius 1 is 1.05 bits per heavy atom. The molecule has 0 aliphatic rings. The number of nitrogens with zero attached hydrogens (tertiary/aromatic N) is 2. The van der Waals surface area contributed by atoms with Crippen molar-refractivity contribution in [3.05, 3.63) is 57.6 Å². The fourth-order valence-electron chi connectivity index (χ4n) is 2.13. The molecule has 0 spiro atoms. The minimum absolute atomic E-state index is 0.244. The molecule has 21 heavy (non-hydrogen) atoms. The molecule has 7 heteroatoms. The molecule has 0 radical (unpaired) electrons. The van der Waals surface area contributed by atoms with E-state index in [1.54, 1.807) is 16.7 Å². The average molecular weight is 328 g/mol. The highest BCUT2D eigenvalue weighted by molar-refractivity contribution is 6.42. The first kappa shape index (κ1) is 14.1. The summed E-state index contributed by atoms with van der Waals surface area (Å²) < 4.78 is 27.9. The van der Waals surface area contributed by atoms with Gasteiger partial charge in [-0.25, -0.2) is 13.8 Å². The molecule has 2 aromatic carbocycles. The van der Waals surface area contributed by atoms with Crippen LogP contribution < -0.4 is 5.73 Å². The topological polar surface area (TPSA) is 43.8 Å². The number of fused-ring (bicyclic) bond motifs is 1. The lowest BCUT2D eigenvalue weighted by atomic mass is 10.2. The number of hydrogen-bond donors (Lipinski definition) is 1. The van der Waals surface area contributed by atoms with Crippen molar-refractivity contribution in [2.45, 2.75) is 6.54 Å². The first-order chi connectivity index (χ1) is 9.95. The third-order valence-corrected chi connectivity index (χ3v) is 3.87. The molecule has 0 unspecified atom stereocenters. The molecule has 0 fully saturated rings. The second-order valence-electron chi connectivity index (χ2n) is 4.56. The van der Waals surface area contributed by atoms with Crippen LogP contribution in [-0.4, -0.2) is 9.55 Å². The molecule has 1 aromatic heterocycles. The average Bonchev–Trinajstić information content (AvgIpc) is 2.71. The Morgan fingerprint density at radius 2 is 1.76 bits per heavy atom. The third kappa shape index (κ3) is 2.54. The standard InChI is InChI=1S/C14H9Cl2F2N3/c15-8-4-12-13(5-9(8)16)21(14(19)20-12)6-7-1-2-10(17)11(18)3-7/h1-5H,6H2,(H2,19,20). The van der Waals surface area contributed by atoms with Crippen molar-refractivity contribution >= 4 is 40.2 Å². The lowest BCUT2D eigenvalue weighted by Gasteiger charge is -2.07. The van der Waals surface area contributed by atoms with E-state index in [4.69, 9.17) is 28.9 Å². The zero-order valence-electron chi connectivity index (χ0n) is 10.6. The van der Waals surface area contributed by atoms with Crippen molar-refractivity contribution in [2.75, 3.05) is 5.73 Å². The molecular weight excluding hydrogens is 319 g/mol. The molecule has 0 bridgehead atoms. The quantitative estimate of drug-likeness (QED) is 0.764. The minimum atomic E-state index is -0.906. The van der Waals surface area contributed by atoms with Crippen LogP contribution in [0.4, 0.5) is 14.7 Å². The number of imidazole rings is 1. The molecule has 0 amide bonds. The Kier molecular flexibility index (Phi) is 3.47. The van der Waals surface area contributed by atoms with Gasteiger partial charge < -0.3 is 10.3 Å². The first-order valence-corrected chi connectivity index (χ1v) is 6.76. The lowest BCUT2D eigenvalue weighted by Crippen LogP contribution is -2.05. The Labute approximate surface area is 128 Å². The summed E-state index contributed by atoms with van der Waals surface area (Å²) in [5.41, 5.74) is 7.69. The highest BCUT2D eigenvalue weighted by atomic mass is 35.5. The number of nitrogen functional groups attached to an aromatic ring is 1. The fraction of sp³-hybridized carbons (Fsp3) is 0.0714. The van der Waals surface area contributed by atoms with Gasteiger partial charge >= 0.3 is 0 Å². The SMILES string of the molecule is Nc1nc2cc(Cl)c(Cl)cc2n1Cc1ccc(F)c(F)c1. The zero-order valence-corrected chi connectivity index (χ0v) is 12.1. The van der Waals surface area contributed by atoms with E-state index in [-0.39, 0.29) is 12.5 Å². The van der Waals surface area contributed by atoms with Crippen molar-refractivity contribution in [3.8, 4) is 0 Å². The Balaban J connectivity index is 2.09. The number of benzene rings is 2. The third-order valence-electron chi connectivity index (χ3n) is 3.14. The molecule has 0 atom stereocenters. The molecule has 3 nitrogen and oxygen atoms in total. The summed E-state index contributed by atoms with van der Waals surface area (Å²) in [6.45, 7) is 0.248. The maximum Gasteiger partial charge on any atom is 0.201 e. The molecule has 1 heterocycles. The van der Waals surface area contributed by atoms with Crippen LogP contribution in [0.1, 0.15) is 5.56 Å². The van der Waals surface area contributed by atoms with Crippen molar-refractivity contribution in [2.24, 2.45) is 0 Å². The van der Waals surface area contributed by atoms with Gasteiger partial charge in [-0.05, 0) is 29.8 Å². The number of anilines is 1. The maximum absolute atomic E-state index is 13.3. The van der Waals surface area contributed by atoms with E-state index in [9.17, 15) is 8.78 Å². The summed E-state index contributed by atoms with van der Waals surface area (Å²) in [7, 11) is 0. The predicted molar refractivity (Wildman–Crippen MR) is 79.6 cm³/mol. The number of nitrogens with two attached hydrogens (primary N) is 1. The van der Waals surface area contributed by atoms with E-state index in [0.717, 1.165) is 12.1 Å². The van der Waals surface area contributed by atoms with Crippen LogP contribution >= 0.6 is 23.2 Å². The van der Waals surface area contributed by atoms with Crippen LogP contribution in [0, 0.1) is 11.6 Å². The van der Waals surface area contributed by atoms with Gasteiger partial charge in [0.15, 0.2) is 11.6 Å². The summed E-state index contributed by atoms with van der Waals surface area (Å²) in [5, 5.41) is 0.747. The summed E-state index contributed by atoms with van der Waals surface area (Å²) >= 11 is 11.9. The second kappa shape index (κ2) is 5.16. The monoisotopic (exact) mass is 327 g/mol. The minimum Gasteiger partial charge on any atom is -0.369 e. The van der Waals surface area contributed by atoms with Crippen molar-refractivity contribution < 1.29 is 8.78 Å². The van der Waals surface area contributed by atoms with Crippen LogP contribution in [0.15, 0.2) is 30.3 Å². The Bertz CT molecular complexity index is 846. The Morgan fingerprint density at radius 3 is 2.48 bits per heavy atom. The van der Waals surface area contributed by atoms with Gasteiger partial charge in [-0.15, -0.1) is 0 Å². The summed E-state index contributed by atoms with van der Waals surface area (Å²) in [5.74, 6) is -1.55. The van der Waals surface area contributed by atoms with Crippen LogP contribution in [0.2, 0.25) is 10.0 Å². The van der Waals surface area contributed by atoms with E-state index < -0.39 is 11.6 Å². The van der Waals surface area contributed by atoms with Gasteiger partial charge in [-0.1, -0.05) is 29.3 Å². The largest absolute Gasteiger partial charge is 0.369 e. The van der Waals surface area contributed by atoms with E-state index in [1.165, 1.54) is 6.07 Å². The van der Waals surface area contributed by atoms with Gasteiger partial charge in [0.05, 0.1) is 27.6 Å². The van der Waals surface area contributed by atoms with E-state index >= 15 is 0 Å². The molecular formula is C14H9Cl2F2N3. The highest BCUT2D eigenvalue weighted by Crippen LogP contribution is 2.29. The molecule has 3 rings (SSSR count). The summed E-state index contributed by atoms with van der Waals surface area (Å²) in [4.78, 5) is 4.18. The van der Waals surface area contributed by atoms with Gasteiger partial charge in [-0.3, -0.25) is 0 Å². The number of rotatable bonds is 2. The predicted octanol–water partition coefficient (Wildman–Crippen LogP) is 4.25. The Hall–Kier alpha value is -1.85.